The fourth-order valence-electron chi connectivity index (χ4n) is 1.51. The van der Waals surface area contributed by atoms with Gasteiger partial charge >= 0.3 is 0 Å². The first-order chi connectivity index (χ1) is 8.47. The van der Waals surface area contributed by atoms with Gasteiger partial charge in [-0.25, -0.2) is 4.98 Å². The number of nitrogens with zero attached hydrogens (tertiary/aromatic N) is 1. The Hall–Kier alpha value is -0.620. The summed E-state index contributed by atoms with van der Waals surface area (Å²) < 4.78 is 1.24. The van der Waals surface area contributed by atoms with Crippen LogP contribution in [0.2, 0.25) is 0 Å². The molecule has 1 heterocycles. The predicted octanol–water partition coefficient (Wildman–Crippen LogP) is 4.66. The van der Waals surface area contributed by atoms with E-state index in [0.29, 0.717) is 0 Å². The van der Waals surface area contributed by atoms with Crippen molar-refractivity contribution >= 4 is 39.6 Å². The average Bonchev–Trinajstić information content (AvgIpc) is 2.76. The zero-order valence-electron chi connectivity index (χ0n) is 10.8. The lowest BCUT2D eigenvalue weighted by molar-refractivity contribution is 0.571. The largest absolute Gasteiger partial charge is 0.378 e. The Labute approximate surface area is 126 Å². The second kappa shape index (κ2) is 5.57. The second-order valence-corrected chi connectivity index (χ2v) is 7.31. The molecule has 0 fully saturated rings. The van der Waals surface area contributed by atoms with Crippen molar-refractivity contribution in [1.29, 1.82) is 0 Å². The van der Waals surface area contributed by atoms with Crippen LogP contribution in [-0.2, 0) is 12.0 Å². The van der Waals surface area contributed by atoms with Crippen molar-refractivity contribution in [3.8, 4) is 0 Å². The second-order valence-electron chi connectivity index (χ2n) is 5.21. The number of halogens is 1. The molecule has 0 radical (unpaired) electrons. The average molecular weight is 372 g/mol. The first-order valence-corrected chi connectivity index (χ1v) is 7.86. The van der Waals surface area contributed by atoms with Gasteiger partial charge in [0.2, 0.25) is 0 Å². The van der Waals surface area contributed by atoms with Crippen LogP contribution in [0.5, 0.6) is 0 Å². The lowest BCUT2D eigenvalue weighted by atomic mass is 9.93. The number of benzene rings is 1. The predicted molar refractivity (Wildman–Crippen MR) is 87.3 cm³/mol. The molecule has 1 aromatic carbocycles. The number of aromatic nitrogens is 1. The van der Waals surface area contributed by atoms with E-state index < -0.39 is 0 Å². The van der Waals surface area contributed by atoms with Gasteiger partial charge in [0.25, 0.3) is 0 Å². The monoisotopic (exact) mass is 372 g/mol. The molecular formula is C14H17IN2S. The maximum atomic E-state index is 4.68. The van der Waals surface area contributed by atoms with Crippen molar-refractivity contribution in [2.45, 2.75) is 32.7 Å². The molecule has 2 rings (SSSR count). The highest BCUT2D eigenvalue weighted by Crippen LogP contribution is 2.25. The topological polar surface area (TPSA) is 24.9 Å². The normalized spacial score (nSPS) is 11.6. The lowest BCUT2D eigenvalue weighted by Crippen LogP contribution is -2.12. The van der Waals surface area contributed by atoms with Gasteiger partial charge in [-0.15, -0.1) is 11.3 Å². The van der Waals surface area contributed by atoms with E-state index in [-0.39, 0.29) is 5.41 Å². The minimum atomic E-state index is 0.135. The highest BCUT2D eigenvalue weighted by molar-refractivity contribution is 14.1. The summed E-state index contributed by atoms with van der Waals surface area (Å²) in [5, 5.41) is 6.73. The third-order valence-electron chi connectivity index (χ3n) is 2.62. The number of hydrogen-bond donors (Lipinski definition) is 1. The molecule has 0 unspecified atom stereocenters. The van der Waals surface area contributed by atoms with Gasteiger partial charge in [0.1, 0.15) is 5.01 Å². The molecule has 0 bridgehead atoms. The van der Waals surface area contributed by atoms with Crippen molar-refractivity contribution in [2.75, 3.05) is 5.32 Å². The molecule has 0 amide bonds. The molecule has 1 N–H and O–H groups in total. The van der Waals surface area contributed by atoms with Gasteiger partial charge in [0, 0.05) is 20.1 Å². The van der Waals surface area contributed by atoms with Crippen molar-refractivity contribution in [3.63, 3.8) is 0 Å². The molecule has 0 saturated carbocycles. The summed E-state index contributed by atoms with van der Waals surface area (Å²) in [7, 11) is 0. The van der Waals surface area contributed by atoms with Crippen molar-refractivity contribution in [2.24, 2.45) is 0 Å². The smallest absolute Gasteiger partial charge is 0.112 e. The molecule has 0 aliphatic heterocycles. The molecule has 0 atom stereocenters. The molecule has 4 heteroatoms. The number of anilines is 1. The van der Waals surface area contributed by atoms with Gasteiger partial charge in [-0.1, -0.05) is 32.9 Å². The molecule has 1 aromatic heterocycles. The Balaban J connectivity index is 2.03. The van der Waals surface area contributed by atoms with Crippen LogP contribution in [-0.4, -0.2) is 4.98 Å². The molecule has 0 spiro atoms. The van der Waals surface area contributed by atoms with E-state index in [1.165, 1.54) is 15.0 Å². The maximum absolute atomic E-state index is 4.68. The van der Waals surface area contributed by atoms with E-state index >= 15 is 0 Å². The zero-order chi connectivity index (χ0) is 13.2. The van der Waals surface area contributed by atoms with Crippen molar-refractivity contribution in [1.82, 2.24) is 4.98 Å². The van der Waals surface area contributed by atoms with Crippen LogP contribution < -0.4 is 5.32 Å². The molecule has 2 nitrogen and oxygen atoms in total. The minimum absolute atomic E-state index is 0.135. The lowest BCUT2D eigenvalue weighted by Gasteiger charge is -2.14. The summed E-state index contributed by atoms with van der Waals surface area (Å²) >= 11 is 4.07. The fraction of sp³-hybridized carbons (Fsp3) is 0.357. The molecular weight excluding hydrogens is 355 g/mol. The maximum Gasteiger partial charge on any atom is 0.112 e. The highest BCUT2D eigenvalue weighted by atomic mass is 127. The van der Waals surface area contributed by atoms with Gasteiger partial charge in [0.15, 0.2) is 0 Å². The molecule has 0 saturated heterocycles. The van der Waals surface area contributed by atoms with E-state index in [9.17, 15) is 0 Å². The summed E-state index contributed by atoms with van der Waals surface area (Å²) in [5.41, 5.74) is 2.48. The first-order valence-electron chi connectivity index (χ1n) is 5.90. The minimum Gasteiger partial charge on any atom is -0.378 e. The first kappa shape index (κ1) is 13.8. The summed E-state index contributed by atoms with van der Waals surface area (Å²) in [6, 6.07) is 8.30. The summed E-state index contributed by atoms with van der Waals surface area (Å²) in [5.74, 6) is 0. The molecule has 18 heavy (non-hydrogen) atoms. The third-order valence-corrected chi connectivity index (χ3v) is 4.41. The van der Waals surface area contributed by atoms with E-state index in [1.807, 2.05) is 12.1 Å². The Bertz CT molecular complexity index is 529. The Morgan fingerprint density at radius 3 is 2.61 bits per heavy atom. The number of para-hydroxylation sites is 1. The number of nitrogens with one attached hydrogen (secondary N) is 1. The Kier molecular flexibility index (Phi) is 4.27. The Morgan fingerprint density at radius 2 is 2.00 bits per heavy atom. The van der Waals surface area contributed by atoms with Crippen LogP contribution in [0.15, 0.2) is 29.6 Å². The van der Waals surface area contributed by atoms with Gasteiger partial charge in [-0.3, -0.25) is 0 Å². The van der Waals surface area contributed by atoms with Crippen molar-refractivity contribution < 1.29 is 0 Å². The SMILES string of the molecule is CC(C)(C)c1csc(CNc2ccccc2I)n1. The van der Waals surface area contributed by atoms with Crippen LogP contribution >= 0.6 is 33.9 Å². The van der Waals surface area contributed by atoms with Crippen molar-refractivity contribution in [3.05, 3.63) is 43.9 Å². The highest BCUT2D eigenvalue weighted by Gasteiger charge is 2.17. The van der Waals surface area contributed by atoms with Crippen LogP contribution in [0.4, 0.5) is 5.69 Å². The molecule has 0 aliphatic carbocycles. The van der Waals surface area contributed by atoms with Gasteiger partial charge < -0.3 is 5.32 Å². The molecule has 2 aromatic rings. The van der Waals surface area contributed by atoms with Crippen LogP contribution in [0.1, 0.15) is 31.5 Å². The standard InChI is InChI=1S/C14H17IN2S/c1-14(2,3)12-9-18-13(17-12)8-16-11-7-5-4-6-10(11)15/h4-7,9,16H,8H2,1-3H3. The number of thiazole rings is 1. The van der Waals surface area contributed by atoms with E-state index in [1.54, 1.807) is 11.3 Å². The van der Waals surface area contributed by atoms with Gasteiger partial charge in [0.05, 0.1) is 12.2 Å². The third kappa shape index (κ3) is 3.45. The molecule has 0 aliphatic rings. The number of hydrogen-bond acceptors (Lipinski definition) is 3. The zero-order valence-corrected chi connectivity index (χ0v) is 13.8. The summed E-state index contributed by atoms with van der Waals surface area (Å²) in [6.45, 7) is 7.37. The Morgan fingerprint density at radius 1 is 1.28 bits per heavy atom. The van der Waals surface area contributed by atoms with Gasteiger partial charge in [-0.05, 0) is 34.7 Å². The van der Waals surface area contributed by atoms with E-state index in [0.717, 1.165) is 11.6 Å². The molecule has 96 valence electrons. The number of rotatable bonds is 3. The van der Waals surface area contributed by atoms with E-state index in [4.69, 9.17) is 0 Å². The quantitative estimate of drug-likeness (QED) is 0.793. The summed E-state index contributed by atoms with van der Waals surface area (Å²) in [6.07, 6.45) is 0. The van der Waals surface area contributed by atoms with Gasteiger partial charge in [-0.2, -0.15) is 0 Å². The van der Waals surface area contributed by atoms with Crippen LogP contribution in [0.25, 0.3) is 0 Å². The summed E-state index contributed by atoms with van der Waals surface area (Å²) in [4.78, 5) is 4.68. The van der Waals surface area contributed by atoms with Crippen LogP contribution in [0.3, 0.4) is 0 Å². The van der Waals surface area contributed by atoms with E-state index in [2.05, 4.69) is 71.2 Å². The fourth-order valence-corrected chi connectivity index (χ4v) is 3.05. The van der Waals surface area contributed by atoms with Crippen LogP contribution in [0, 0.1) is 3.57 Å².